The van der Waals surface area contributed by atoms with E-state index in [1.54, 1.807) is 0 Å². The van der Waals surface area contributed by atoms with Crippen molar-refractivity contribution in [1.29, 1.82) is 0 Å². The number of hydrogen-bond acceptors (Lipinski definition) is 3. The molecule has 0 saturated carbocycles. The molecule has 3 aromatic rings. The molecular weight excluding hydrogens is 393 g/mol. The highest BCUT2D eigenvalue weighted by Gasteiger charge is 2.09. The second-order valence-electron chi connectivity index (χ2n) is 4.60. The van der Waals surface area contributed by atoms with Gasteiger partial charge in [0.1, 0.15) is 0 Å². The third kappa shape index (κ3) is 3.41. The van der Waals surface area contributed by atoms with E-state index in [9.17, 15) is 0 Å². The van der Waals surface area contributed by atoms with Crippen molar-refractivity contribution >= 4 is 40.2 Å². The van der Waals surface area contributed by atoms with Crippen molar-refractivity contribution in [1.82, 2.24) is 10.2 Å². The summed E-state index contributed by atoms with van der Waals surface area (Å²) >= 11 is 4.05. The van der Waals surface area contributed by atoms with Crippen molar-refractivity contribution in [2.45, 2.75) is 10.6 Å². The van der Waals surface area contributed by atoms with Gasteiger partial charge < -0.3 is 5.73 Å². The number of aromatic amines is 1. The van der Waals surface area contributed by atoms with Crippen LogP contribution in [0.4, 0.5) is 5.82 Å². The Kier molecular flexibility index (Phi) is 4.50. The summed E-state index contributed by atoms with van der Waals surface area (Å²) in [6.07, 6.45) is 0. The molecule has 0 amide bonds. The standard InChI is InChI=1S/C16H14IN3S/c17-14-15(19-20-16(14)18)12-6-8-13(9-7-12)21-10-11-4-2-1-3-5-11/h1-9H,10H2,(H3,18,19,20). The van der Waals surface area contributed by atoms with E-state index in [-0.39, 0.29) is 0 Å². The Morgan fingerprint density at radius 3 is 2.38 bits per heavy atom. The molecule has 0 unspecified atom stereocenters. The Balaban J connectivity index is 1.71. The first-order valence-electron chi connectivity index (χ1n) is 6.50. The van der Waals surface area contributed by atoms with Gasteiger partial charge in [0.2, 0.25) is 0 Å². The summed E-state index contributed by atoms with van der Waals surface area (Å²) in [7, 11) is 0. The van der Waals surface area contributed by atoms with Crippen molar-refractivity contribution in [2.75, 3.05) is 5.73 Å². The first-order chi connectivity index (χ1) is 10.2. The number of halogens is 1. The molecule has 0 aliphatic carbocycles. The lowest BCUT2D eigenvalue weighted by molar-refractivity contribution is 1.10. The molecule has 0 atom stereocenters. The second-order valence-corrected chi connectivity index (χ2v) is 6.72. The lowest BCUT2D eigenvalue weighted by Gasteiger charge is -2.04. The quantitative estimate of drug-likeness (QED) is 0.493. The van der Waals surface area contributed by atoms with E-state index in [1.165, 1.54) is 10.5 Å². The summed E-state index contributed by atoms with van der Waals surface area (Å²) in [5.74, 6) is 1.53. The van der Waals surface area contributed by atoms with Crippen LogP contribution in [-0.2, 0) is 5.75 Å². The zero-order valence-electron chi connectivity index (χ0n) is 11.2. The lowest BCUT2D eigenvalue weighted by atomic mass is 10.1. The molecule has 0 bridgehead atoms. The van der Waals surface area contributed by atoms with Crippen LogP contribution < -0.4 is 5.73 Å². The van der Waals surface area contributed by atoms with Gasteiger partial charge in [-0.05, 0) is 40.3 Å². The maximum Gasteiger partial charge on any atom is 0.159 e. The summed E-state index contributed by atoms with van der Waals surface area (Å²) in [6.45, 7) is 0. The number of aromatic nitrogens is 2. The number of hydrogen-bond donors (Lipinski definition) is 2. The summed E-state index contributed by atoms with van der Waals surface area (Å²) in [4.78, 5) is 1.25. The Morgan fingerprint density at radius 1 is 1.05 bits per heavy atom. The highest BCUT2D eigenvalue weighted by Crippen LogP contribution is 2.29. The number of rotatable bonds is 4. The van der Waals surface area contributed by atoms with Gasteiger partial charge in [0.05, 0.1) is 9.26 Å². The smallest absolute Gasteiger partial charge is 0.159 e. The zero-order valence-corrected chi connectivity index (χ0v) is 14.2. The molecule has 0 saturated heterocycles. The van der Waals surface area contributed by atoms with Crippen LogP contribution in [0.5, 0.6) is 0 Å². The third-order valence-corrected chi connectivity index (χ3v) is 5.30. The van der Waals surface area contributed by atoms with Crippen LogP contribution in [0.1, 0.15) is 5.56 Å². The molecule has 2 aromatic carbocycles. The van der Waals surface area contributed by atoms with Crippen molar-refractivity contribution in [2.24, 2.45) is 0 Å². The van der Waals surface area contributed by atoms with Gasteiger partial charge in [-0.25, -0.2) is 0 Å². The molecule has 21 heavy (non-hydrogen) atoms. The van der Waals surface area contributed by atoms with Crippen LogP contribution in [-0.4, -0.2) is 10.2 Å². The molecule has 1 heterocycles. The van der Waals surface area contributed by atoms with Crippen LogP contribution >= 0.6 is 34.4 Å². The minimum absolute atomic E-state index is 0.549. The fraction of sp³-hybridized carbons (Fsp3) is 0.0625. The Morgan fingerprint density at radius 2 is 1.76 bits per heavy atom. The molecule has 0 spiro atoms. The molecule has 3 rings (SSSR count). The lowest BCUT2D eigenvalue weighted by Crippen LogP contribution is -1.86. The number of H-pyrrole nitrogens is 1. The van der Waals surface area contributed by atoms with Gasteiger partial charge in [-0.1, -0.05) is 42.5 Å². The first-order valence-corrected chi connectivity index (χ1v) is 8.57. The van der Waals surface area contributed by atoms with Crippen LogP contribution in [0.3, 0.4) is 0 Å². The average Bonchev–Trinajstić information content (AvgIpc) is 2.87. The van der Waals surface area contributed by atoms with Crippen LogP contribution in [0, 0.1) is 3.57 Å². The monoisotopic (exact) mass is 407 g/mol. The van der Waals surface area contributed by atoms with Gasteiger partial charge in [-0.15, -0.1) is 11.8 Å². The number of benzene rings is 2. The van der Waals surface area contributed by atoms with E-state index in [0.717, 1.165) is 20.6 Å². The molecule has 1 aromatic heterocycles. The molecule has 0 aliphatic heterocycles. The maximum absolute atomic E-state index is 5.77. The van der Waals surface area contributed by atoms with Gasteiger partial charge in [-0.3, -0.25) is 5.10 Å². The number of thioether (sulfide) groups is 1. The summed E-state index contributed by atoms with van der Waals surface area (Å²) < 4.78 is 0.970. The normalized spacial score (nSPS) is 10.7. The van der Waals surface area contributed by atoms with Crippen LogP contribution in [0.15, 0.2) is 59.5 Å². The Labute approximate surface area is 141 Å². The van der Waals surface area contributed by atoms with Gasteiger partial charge in [0, 0.05) is 16.2 Å². The van der Waals surface area contributed by atoms with E-state index >= 15 is 0 Å². The van der Waals surface area contributed by atoms with Crippen LogP contribution in [0.25, 0.3) is 11.3 Å². The third-order valence-electron chi connectivity index (χ3n) is 3.12. The minimum atomic E-state index is 0.549. The molecule has 3 N–H and O–H groups in total. The molecule has 3 nitrogen and oxygen atoms in total. The molecule has 0 aliphatic rings. The second kappa shape index (κ2) is 6.53. The van der Waals surface area contributed by atoms with Crippen LogP contribution in [0.2, 0.25) is 0 Å². The molecule has 106 valence electrons. The van der Waals surface area contributed by atoms with Gasteiger partial charge in [-0.2, -0.15) is 5.10 Å². The predicted octanol–water partition coefficient (Wildman–Crippen LogP) is 4.56. The van der Waals surface area contributed by atoms with Crippen molar-refractivity contribution in [3.05, 3.63) is 63.7 Å². The fourth-order valence-corrected chi connectivity index (χ4v) is 3.40. The number of nitrogen functional groups attached to an aromatic ring is 1. The number of nitrogens with one attached hydrogen (secondary N) is 1. The van der Waals surface area contributed by atoms with E-state index in [1.807, 2.05) is 17.8 Å². The number of nitrogens with zero attached hydrogens (tertiary/aromatic N) is 1. The van der Waals surface area contributed by atoms with E-state index < -0.39 is 0 Å². The highest BCUT2D eigenvalue weighted by atomic mass is 127. The number of anilines is 1. The molecule has 0 fully saturated rings. The van der Waals surface area contributed by atoms with Crippen molar-refractivity contribution in [3.63, 3.8) is 0 Å². The van der Waals surface area contributed by atoms with E-state index in [4.69, 9.17) is 5.73 Å². The van der Waals surface area contributed by atoms with Crippen molar-refractivity contribution < 1.29 is 0 Å². The topological polar surface area (TPSA) is 54.7 Å². The molecule has 5 heteroatoms. The Hall–Kier alpha value is -1.47. The fourth-order valence-electron chi connectivity index (χ4n) is 1.99. The number of nitrogens with two attached hydrogens (primary N) is 1. The first kappa shape index (κ1) is 14.5. The maximum atomic E-state index is 5.77. The van der Waals surface area contributed by atoms with Gasteiger partial charge in [0.15, 0.2) is 5.82 Å². The SMILES string of the molecule is Nc1n[nH]c(-c2ccc(SCc3ccccc3)cc2)c1I. The summed E-state index contributed by atoms with van der Waals surface area (Å²) in [5, 5.41) is 7.01. The highest BCUT2D eigenvalue weighted by molar-refractivity contribution is 14.1. The minimum Gasteiger partial charge on any atom is -0.381 e. The van der Waals surface area contributed by atoms with Crippen molar-refractivity contribution in [3.8, 4) is 11.3 Å². The summed E-state index contributed by atoms with van der Waals surface area (Å²) in [6, 6.07) is 19.0. The largest absolute Gasteiger partial charge is 0.381 e. The van der Waals surface area contributed by atoms with Gasteiger partial charge in [0.25, 0.3) is 0 Å². The average molecular weight is 407 g/mol. The van der Waals surface area contributed by atoms with E-state index in [0.29, 0.717) is 5.82 Å². The Bertz CT molecular complexity index is 723. The summed E-state index contributed by atoms with van der Waals surface area (Å²) in [5.41, 5.74) is 9.19. The molecular formula is C16H14IN3S. The van der Waals surface area contributed by atoms with E-state index in [2.05, 4.69) is 81.3 Å². The predicted molar refractivity (Wildman–Crippen MR) is 97.2 cm³/mol. The molecule has 0 radical (unpaired) electrons. The van der Waals surface area contributed by atoms with Gasteiger partial charge >= 0.3 is 0 Å². The zero-order chi connectivity index (χ0) is 14.7.